The maximum atomic E-state index is 11.6. The van der Waals surface area contributed by atoms with Crippen molar-refractivity contribution in [2.75, 3.05) is 12.0 Å². The third kappa shape index (κ3) is 2.54. The molecule has 0 bridgehead atoms. The number of benzene rings is 2. The maximum Gasteiger partial charge on any atom is 0.416 e. The zero-order valence-electron chi connectivity index (χ0n) is 10.8. The molecule has 20 heavy (non-hydrogen) atoms. The molecule has 1 N–H and O–H groups in total. The second-order valence-corrected chi connectivity index (χ2v) is 3.95. The van der Waals surface area contributed by atoms with E-state index in [9.17, 15) is 9.90 Å². The second-order valence-electron chi connectivity index (χ2n) is 3.95. The van der Waals surface area contributed by atoms with E-state index in [1.807, 2.05) is 6.07 Å². The molecule has 0 aliphatic carbocycles. The third-order valence-corrected chi connectivity index (χ3v) is 2.75. The van der Waals surface area contributed by atoms with E-state index in [0.717, 1.165) is 4.90 Å². The van der Waals surface area contributed by atoms with Crippen molar-refractivity contribution in [1.82, 2.24) is 0 Å². The maximum absolute atomic E-state index is 11.6. The SMILES string of the molecule is COc1ccc(C#N)cc1N(C(=O)O)c1ccccc1. The van der Waals surface area contributed by atoms with Gasteiger partial charge in [-0.1, -0.05) is 18.2 Å². The van der Waals surface area contributed by atoms with Crippen molar-refractivity contribution in [3.63, 3.8) is 0 Å². The molecule has 100 valence electrons. The fourth-order valence-electron chi connectivity index (χ4n) is 1.86. The van der Waals surface area contributed by atoms with Crippen LogP contribution in [0.25, 0.3) is 0 Å². The molecule has 0 saturated carbocycles. The van der Waals surface area contributed by atoms with Crippen molar-refractivity contribution in [3.05, 3.63) is 54.1 Å². The van der Waals surface area contributed by atoms with Gasteiger partial charge in [0.05, 0.1) is 30.1 Å². The minimum atomic E-state index is -1.15. The number of amides is 1. The molecular weight excluding hydrogens is 256 g/mol. The lowest BCUT2D eigenvalue weighted by Crippen LogP contribution is -2.24. The molecule has 1 amide bonds. The number of methoxy groups -OCH3 is 1. The van der Waals surface area contributed by atoms with E-state index in [-0.39, 0.29) is 0 Å². The van der Waals surface area contributed by atoms with Gasteiger partial charge in [0, 0.05) is 0 Å². The van der Waals surface area contributed by atoms with Gasteiger partial charge in [0.1, 0.15) is 5.75 Å². The predicted molar refractivity (Wildman–Crippen MR) is 74.3 cm³/mol. The highest BCUT2D eigenvalue weighted by molar-refractivity contribution is 5.96. The van der Waals surface area contributed by atoms with E-state index < -0.39 is 6.09 Å². The predicted octanol–water partition coefficient (Wildman–Crippen LogP) is 3.38. The lowest BCUT2D eigenvalue weighted by Gasteiger charge is -2.21. The number of carboxylic acid groups (broad SMARTS) is 1. The molecule has 0 aromatic heterocycles. The lowest BCUT2D eigenvalue weighted by atomic mass is 10.1. The molecule has 0 spiro atoms. The van der Waals surface area contributed by atoms with Gasteiger partial charge < -0.3 is 9.84 Å². The number of nitriles is 1. The van der Waals surface area contributed by atoms with Crippen LogP contribution in [0.2, 0.25) is 0 Å². The summed E-state index contributed by atoms with van der Waals surface area (Å²) in [6, 6.07) is 15.3. The van der Waals surface area contributed by atoms with Crippen LogP contribution in [0.4, 0.5) is 16.2 Å². The molecule has 0 atom stereocenters. The van der Waals surface area contributed by atoms with Crippen LogP contribution >= 0.6 is 0 Å². The molecule has 2 aromatic rings. The Morgan fingerprint density at radius 2 is 1.95 bits per heavy atom. The molecule has 5 nitrogen and oxygen atoms in total. The van der Waals surface area contributed by atoms with Crippen LogP contribution < -0.4 is 9.64 Å². The van der Waals surface area contributed by atoms with E-state index in [1.165, 1.54) is 13.2 Å². The molecule has 2 rings (SSSR count). The smallest absolute Gasteiger partial charge is 0.416 e. The molecule has 0 unspecified atom stereocenters. The minimum Gasteiger partial charge on any atom is -0.495 e. The molecule has 2 aromatic carbocycles. The quantitative estimate of drug-likeness (QED) is 0.926. The number of rotatable bonds is 3. The highest BCUT2D eigenvalue weighted by Gasteiger charge is 2.21. The molecule has 0 aliphatic rings. The molecule has 0 radical (unpaired) electrons. The highest BCUT2D eigenvalue weighted by atomic mass is 16.5. The minimum absolute atomic E-state index is 0.310. The Balaban J connectivity index is 2.61. The Labute approximate surface area is 116 Å². The fraction of sp³-hybridized carbons (Fsp3) is 0.0667. The third-order valence-electron chi connectivity index (χ3n) is 2.75. The first-order valence-electron chi connectivity index (χ1n) is 5.83. The molecule has 0 aliphatic heterocycles. The summed E-state index contributed by atoms with van der Waals surface area (Å²) in [7, 11) is 1.45. The summed E-state index contributed by atoms with van der Waals surface area (Å²) in [6.07, 6.45) is -1.15. The molecule has 0 saturated heterocycles. The van der Waals surface area contributed by atoms with E-state index in [2.05, 4.69) is 0 Å². The van der Waals surface area contributed by atoms with Gasteiger partial charge >= 0.3 is 6.09 Å². The Bertz CT molecular complexity index is 663. The van der Waals surface area contributed by atoms with E-state index in [4.69, 9.17) is 10.00 Å². The second kappa shape index (κ2) is 5.76. The van der Waals surface area contributed by atoms with Crippen molar-refractivity contribution >= 4 is 17.5 Å². The normalized spacial score (nSPS) is 9.60. The summed E-state index contributed by atoms with van der Waals surface area (Å²) in [5.74, 6) is 0.384. The average molecular weight is 268 g/mol. The number of hydrogen-bond acceptors (Lipinski definition) is 3. The van der Waals surface area contributed by atoms with Gasteiger partial charge in [-0.25, -0.2) is 9.69 Å². The summed E-state index contributed by atoms with van der Waals surface area (Å²) in [5, 5.41) is 18.4. The van der Waals surface area contributed by atoms with Gasteiger partial charge in [-0.3, -0.25) is 0 Å². The van der Waals surface area contributed by atoms with Crippen molar-refractivity contribution < 1.29 is 14.6 Å². The lowest BCUT2D eigenvalue weighted by molar-refractivity contribution is 0.204. The zero-order chi connectivity index (χ0) is 14.5. The van der Waals surface area contributed by atoms with Crippen LogP contribution in [0.15, 0.2) is 48.5 Å². The summed E-state index contributed by atoms with van der Waals surface area (Å²) >= 11 is 0. The first kappa shape index (κ1) is 13.4. The fourth-order valence-corrected chi connectivity index (χ4v) is 1.86. The average Bonchev–Trinajstić information content (AvgIpc) is 2.48. The zero-order valence-corrected chi connectivity index (χ0v) is 10.8. The Hall–Kier alpha value is -3.00. The van der Waals surface area contributed by atoms with Gasteiger partial charge in [-0.05, 0) is 30.3 Å². The highest BCUT2D eigenvalue weighted by Crippen LogP contribution is 2.34. The molecular formula is C15H12N2O3. The van der Waals surface area contributed by atoms with Crippen LogP contribution in [0.5, 0.6) is 5.75 Å². The number of anilines is 2. The van der Waals surface area contributed by atoms with Gasteiger partial charge in [0.2, 0.25) is 0 Å². The largest absolute Gasteiger partial charge is 0.495 e. The first-order chi connectivity index (χ1) is 9.67. The monoisotopic (exact) mass is 268 g/mol. The van der Waals surface area contributed by atoms with Crippen LogP contribution in [-0.4, -0.2) is 18.3 Å². The van der Waals surface area contributed by atoms with Crippen LogP contribution in [0.3, 0.4) is 0 Å². The Morgan fingerprint density at radius 3 is 2.50 bits per heavy atom. The standard InChI is InChI=1S/C15H12N2O3/c1-20-14-8-7-11(10-16)9-13(14)17(15(18)19)12-5-3-2-4-6-12/h2-9H,1H3,(H,18,19). The number of nitrogens with zero attached hydrogens (tertiary/aromatic N) is 2. The number of hydrogen-bond donors (Lipinski definition) is 1. The van der Waals surface area contributed by atoms with E-state index in [1.54, 1.807) is 42.5 Å². The van der Waals surface area contributed by atoms with Crippen molar-refractivity contribution in [3.8, 4) is 11.8 Å². The number of para-hydroxylation sites is 1. The van der Waals surface area contributed by atoms with E-state index in [0.29, 0.717) is 22.7 Å². The molecule has 0 fully saturated rings. The summed E-state index contributed by atoms with van der Waals surface area (Å²) < 4.78 is 5.18. The van der Waals surface area contributed by atoms with E-state index >= 15 is 0 Å². The summed E-state index contributed by atoms with van der Waals surface area (Å²) in [5.41, 5.74) is 1.15. The number of carbonyl (C=O) groups is 1. The summed E-state index contributed by atoms with van der Waals surface area (Å²) in [4.78, 5) is 12.6. The van der Waals surface area contributed by atoms with Crippen molar-refractivity contribution in [1.29, 1.82) is 5.26 Å². The first-order valence-corrected chi connectivity index (χ1v) is 5.83. The van der Waals surface area contributed by atoms with Crippen LogP contribution in [-0.2, 0) is 0 Å². The number of ether oxygens (including phenoxy) is 1. The summed E-state index contributed by atoms with van der Waals surface area (Å²) in [6.45, 7) is 0. The van der Waals surface area contributed by atoms with Crippen molar-refractivity contribution in [2.45, 2.75) is 0 Å². The van der Waals surface area contributed by atoms with Gasteiger partial charge in [-0.15, -0.1) is 0 Å². The van der Waals surface area contributed by atoms with Crippen LogP contribution in [0, 0.1) is 11.3 Å². The Kier molecular flexibility index (Phi) is 3.87. The Morgan fingerprint density at radius 1 is 1.25 bits per heavy atom. The molecule has 5 heteroatoms. The van der Waals surface area contributed by atoms with Gasteiger partial charge in [0.15, 0.2) is 0 Å². The van der Waals surface area contributed by atoms with Gasteiger partial charge in [-0.2, -0.15) is 5.26 Å². The van der Waals surface area contributed by atoms with Gasteiger partial charge in [0.25, 0.3) is 0 Å². The van der Waals surface area contributed by atoms with Crippen molar-refractivity contribution in [2.24, 2.45) is 0 Å². The molecule has 0 heterocycles. The van der Waals surface area contributed by atoms with Crippen LogP contribution in [0.1, 0.15) is 5.56 Å². The topological polar surface area (TPSA) is 73.6 Å².